The van der Waals surface area contributed by atoms with Crippen molar-refractivity contribution in [2.75, 3.05) is 24.6 Å². The maximum atomic E-state index is 15.6. The number of piperidine rings is 2. The smallest absolute Gasteiger partial charge is 0.256 e. The van der Waals surface area contributed by atoms with Gasteiger partial charge in [-0.05, 0) is 79.5 Å². The highest BCUT2D eigenvalue weighted by Gasteiger charge is 2.67. The first-order valence-corrected chi connectivity index (χ1v) is 16.9. The number of carbonyl (C=O) groups excluding carboxylic acids is 3. The van der Waals surface area contributed by atoms with Crippen LogP contribution in [0, 0.1) is 28.5 Å². The molecule has 3 amide bonds. The number of nitrogens with one attached hydrogen (secondary N) is 1. The average Bonchev–Trinajstić information content (AvgIpc) is 4.03. The van der Waals surface area contributed by atoms with Crippen LogP contribution in [0.25, 0.3) is 0 Å². The highest BCUT2D eigenvalue weighted by Crippen LogP contribution is 2.69. The molecule has 1 spiro atoms. The van der Waals surface area contributed by atoms with Gasteiger partial charge < -0.3 is 19.6 Å². The van der Waals surface area contributed by atoms with Crippen LogP contribution in [0.1, 0.15) is 77.2 Å². The number of aliphatic hydroxyl groups is 1. The van der Waals surface area contributed by atoms with Crippen molar-refractivity contribution >= 4 is 23.4 Å². The third kappa shape index (κ3) is 5.26. The molecule has 0 unspecified atom stereocenters. The Balaban J connectivity index is 0.946. The maximum Gasteiger partial charge on any atom is 0.256 e. The van der Waals surface area contributed by atoms with E-state index in [-0.39, 0.29) is 61.7 Å². The normalized spacial score (nSPS) is 23.1. The molecule has 8 rings (SSSR count). The highest BCUT2D eigenvalue weighted by molar-refractivity contribution is 6.10. The van der Waals surface area contributed by atoms with Gasteiger partial charge in [-0.1, -0.05) is 24.3 Å². The molecule has 2 aliphatic carbocycles. The van der Waals surface area contributed by atoms with E-state index in [0.29, 0.717) is 28.1 Å². The molecule has 2 atom stereocenters. The standard InChI is InChI=1S/C38H36FN5O5/c39-31-16-24(30(21-45)23-9-14-43(15-10-23)27-7-6-26(18-40)41-19-27)4-5-25(31)22-49-32-3-1-2-28-29(32)20-44(35(28)47)38(33-17-37(33)12-13-37)11-8-34(46)42-36(38)48/h1-7,16-17,19,23,30,45H,8-15,20-22H2,(H,42,46,48)/t30-,38+/m1/s1. The van der Waals surface area contributed by atoms with Gasteiger partial charge in [0.25, 0.3) is 11.8 Å². The highest BCUT2D eigenvalue weighted by atomic mass is 19.1. The van der Waals surface area contributed by atoms with Crippen molar-refractivity contribution < 1.29 is 28.6 Å². The number of fused-ring (bicyclic) bond motifs is 1. The predicted octanol–water partition coefficient (Wildman–Crippen LogP) is 4.52. The van der Waals surface area contributed by atoms with Crippen LogP contribution in [0.15, 0.2) is 66.4 Å². The van der Waals surface area contributed by atoms with Gasteiger partial charge in [0.1, 0.15) is 35.5 Å². The van der Waals surface area contributed by atoms with Crippen molar-refractivity contribution in [2.24, 2.45) is 11.3 Å². The number of halogens is 1. The second kappa shape index (κ2) is 11.8. The summed E-state index contributed by atoms with van der Waals surface area (Å²) < 4.78 is 21.7. The molecular formula is C38H36FN5O5. The number of pyridine rings is 1. The van der Waals surface area contributed by atoms with E-state index in [1.165, 1.54) is 6.07 Å². The van der Waals surface area contributed by atoms with Crippen molar-refractivity contribution in [1.29, 1.82) is 5.26 Å². The lowest BCUT2D eigenvalue weighted by molar-refractivity contribution is -0.141. The fourth-order valence-electron chi connectivity index (χ4n) is 8.22. The number of hydrogen-bond acceptors (Lipinski definition) is 8. The van der Waals surface area contributed by atoms with Crippen molar-refractivity contribution in [2.45, 2.75) is 63.1 Å². The van der Waals surface area contributed by atoms with E-state index in [9.17, 15) is 19.5 Å². The van der Waals surface area contributed by atoms with E-state index < -0.39 is 17.3 Å². The minimum Gasteiger partial charge on any atom is -0.488 e. The summed E-state index contributed by atoms with van der Waals surface area (Å²) in [5, 5.41) is 21.9. The summed E-state index contributed by atoms with van der Waals surface area (Å²) in [6, 6.07) is 15.9. The Bertz CT molecular complexity index is 1940. The monoisotopic (exact) mass is 661 g/mol. The average molecular weight is 662 g/mol. The number of aliphatic hydroxyl groups excluding tert-OH is 1. The molecule has 11 heteroatoms. The molecule has 3 aliphatic heterocycles. The fraction of sp³-hybridized carbons (Fsp3) is 0.395. The number of hydrogen-bond donors (Lipinski definition) is 2. The molecule has 5 aliphatic rings. The number of rotatable bonds is 9. The minimum atomic E-state index is -1.19. The first kappa shape index (κ1) is 31.2. The molecule has 4 heterocycles. The topological polar surface area (TPSA) is 136 Å². The lowest BCUT2D eigenvalue weighted by Gasteiger charge is -2.42. The summed E-state index contributed by atoms with van der Waals surface area (Å²) in [4.78, 5) is 47.4. The zero-order valence-corrected chi connectivity index (χ0v) is 27.0. The molecule has 49 heavy (non-hydrogen) atoms. The number of nitrogens with zero attached hydrogens (tertiary/aromatic N) is 4. The lowest BCUT2D eigenvalue weighted by Crippen LogP contribution is -2.63. The Labute approximate surface area is 283 Å². The molecule has 2 saturated heterocycles. The van der Waals surface area contributed by atoms with E-state index in [0.717, 1.165) is 55.6 Å². The summed E-state index contributed by atoms with van der Waals surface area (Å²) in [5.74, 6) is -1.08. The summed E-state index contributed by atoms with van der Waals surface area (Å²) in [7, 11) is 0. The number of nitriles is 1. The number of carbonyl (C=O) groups is 3. The minimum absolute atomic E-state index is 0.0635. The molecule has 1 aromatic heterocycles. The summed E-state index contributed by atoms with van der Waals surface area (Å²) >= 11 is 0. The van der Waals surface area contributed by atoms with Crippen LogP contribution in [0.5, 0.6) is 5.75 Å². The second-order valence-corrected chi connectivity index (χ2v) is 13.9. The quantitative estimate of drug-likeness (QED) is 0.253. The first-order valence-electron chi connectivity index (χ1n) is 16.9. The zero-order valence-electron chi connectivity index (χ0n) is 27.0. The Kier molecular flexibility index (Phi) is 7.52. The Morgan fingerprint density at radius 1 is 1.10 bits per heavy atom. The van der Waals surface area contributed by atoms with Gasteiger partial charge in [0.05, 0.1) is 25.0 Å². The van der Waals surface area contributed by atoms with E-state index in [1.807, 2.05) is 18.2 Å². The number of imide groups is 1. The number of amides is 3. The largest absolute Gasteiger partial charge is 0.488 e. The summed E-state index contributed by atoms with van der Waals surface area (Å²) in [6.07, 6.45) is 7.76. The molecule has 2 N–H and O–H groups in total. The van der Waals surface area contributed by atoms with Gasteiger partial charge in [-0.15, -0.1) is 0 Å². The third-order valence-electron chi connectivity index (χ3n) is 11.3. The Morgan fingerprint density at radius 2 is 1.92 bits per heavy atom. The van der Waals surface area contributed by atoms with Crippen molar-refractivity contribution in [1.82, 2.24) is 15.2 Å². The number of anilines is 1. The van der Waals surface area contributed by atoms with Crippen LogP contribution < -0.4 is 15.0 Å². The summed E-state index contributed by atoms with van der Waals surface area (Å²) in [6.45, 7) is 1.54. The van der Waals surface area contributed by atoms with Crippen LogP contribution in [0.4, 0.5) is 10.1 Å². The molecule has 0 bridgehead atoms. The molecule has 3 aromatic rings. The van der Waals surface area contributed by atoms with Crippen molar-refractivity contribution in [3.05, 3.63) is 100 Å². The van der Waals surface area contributed by atoms with Crippen LogP contribution in [0.2, 0.25) is 0 Å². The van der Waals surface area contributed by atoms with Crippen LogP contribution in [0.3, 0.4) is 0 Å². The molecule has 2 aromatic carbocycles. The first-order chi connectivity index (χ1) is 23.8. The van der Waals surface area contributed by atoms with E-state index in [2.05, 4.69) is 21.3 Å². The Hall–Kier alpha value is -5.08. The molecule has 10 nitrogen and oxygen atoms in total. The third-order valence-corrected chi connectivity index (χ3v) is 11.3. The molecular weight excluding hydrogens is 625 g/mol. The van der Waals surface area contributed by atoms with Crippen LogP contribution in [-0.2, 0) is 22.7 Å². The number of allylic oxidation sites excluding steroid dienone is 1. The van der Waals surface area contributed by atoms with Gasteiger partial charge in [-0.2, -0.15) is 5.26 Å². The molecule has 0 radical (unpaired) electrons. The van der Waals surface area contributed by atoms with Crippen LogP contribution >= 0.6 is 0 Å². The van der Waals surface area contributed by atoms with E-state index in [1.54, 1.807) is 41.4 Å². The number of aromatic nitrogens is 1. The zero-order chi connectivity index (χ0) is 33.9. The predicted molar refractivity (Wildman–Crippen MR) is 176 cm³/mol. The lowest BCUT2D eigenvalue weighted by atomic mass is 9.80. The molecule has 1 saturated carbocycles. The van der Waals surface area contributed by atoms with E-state index in [4.69, 9.17) is 10.00 Å². The fourth-order valence-corrected chi connectivity index (χ4v) is 8.22. The second-order valence-electron chi connectivity index (χ2n) is 13.9. The van der Waals surface area contributed by atoms with Gasteiger partial charge in [-0.3, -0.25) is 19.7 Å². The van der Waals surface area contributed by atoms with Crippen LogP contribution in [-0.4, -0.2) is 57.9 Å². The number of ether oxygens (including phenoxy) is 1. The van der Waals surface area contributed by atoms with Gasteiger partial charge in [-0.25, -0.2) is 9.37 Å². The van der Waals surface area contributed by atoms with Gasteiger partial charge in [0.15, 0.2) is 0 Å². The van der Waals surface area contributed by atoms with Gasteiger partial charge in [0.2, 0.25) is 5.91 Å². The van der Waals surface area contributed by atoms with Gasteiger partial charge in [0, 0.05) is 47.5 Å². The maximum absolute atomic E-state index is 15.6. The SMILES string of the molecule is N#Cc1ccc(N2CCC([C@@H](CO)c3ccc(COc4cccc5c4CN([C@]4(C6=CC67CC7)CCC(=O)NC4=O)C5=O)c(F)c3)CC2)cn1. The van der Waals surface area contributed by atoms with Gasteiger partial charge >= 0.3 is 0 Å². The Morgan fingerprint density at radius 3 is 2.57 bits per heavy atom. The summed E-state index contributed by atoms with van der Waals surface area (Å²) in [5.41, 5.74) is 3.15. The van der Waals surface area contributed by atoms with E-state index >= 15 is 4.39 Å². The molecule has 3 fully saturated rings. The van der Waals surface area contributed by atoms with Crippen molar-refractivity contribution in [3.63, 3.8) is 0 Å². The molecule has 250 valence electrons. The van der Waals surface area contributed by atoms with Crippen molar-refractivity contribution in [3.8, 4) is 11.8 Å². The number of benzene rings is 2.